The molecule has 0 fully saturated rings. The summed E-state index contributed by atoms with van der Waals surface area (Å²) in [6, 6.07) is 10.5. The molecule has 0 spiro atoms. The minimum absolute atomic E-state index is 0.0810. The van der Waals surface area contributed by atoms with Gasteiger partial charge in [0.1, 0.15) is 24.8 Å². The summed E-state index contributed by atoms with van der Waals surface area (Å²) < 4.78 is 1.84. The average Bonchev–Trinajstić information content (AvgIpc) is 3.27. The molecule has 6 nitrogen and oxygen atoms in total. The molecule has 0 unspecified atom stereocenters. The highest BCUT2D eigenvalue weighted by Crippen LogP contribution is 2.28. The van der Waals surface area contributed by atoms with Crippen molar-refractivity contribution in [1.82, 2.24) is 24.7 Å². The molecule has 1 aromatic carbocycles. The molecule has 0 aliphatic heterocycles. The minimum Gasteiger partial charge on any atom is -0.361 e. The lowest BCUT2D eigenvalue weighted by molar-refractivity contribution is 0.548. The normalized spacial score (nSPS) is 14.4. The van der Waals surface area contributed by atoms with Crippen LogP contribution in [0, 0.1) is 0 Å². The molecule has 0 amide bonds. The molecule has 3 aromatic rings. The Kier molecular flexibility index (Phi) is 3.71. The fraction of sp³-hybridized carbons (Fsp3) is 0.294. The van der Waals surface area contributed by atoms with Crippen LogP contribution in [0.1, 0.15) is 29.3 Å². The summed E-state index contributed by atoms with van der Waals surface area (Å²) in [5, 5.41) is 7.82. The molecule has 0 saturated heterocycles. The van der Waals surface area contributed by atoms with E-state index in [1.54, 1.807) is 19.0 Å². The molecule has 0 radical (unpaired) electrons. The lowest BCUT2D eigenvalue weighted by atomic mass is 10.1. The summed E-state index contributed by atoms with van der Waals surface area (Å²) >= 11 is 0. The van der Waals surface area contributed by atoms with Gasteiger partial charge >= 0.3 is 0 Å². The Hall–Kier alpha value is -2.76. The molecule has 1 N–H and O–H groups in total. The van der Waals surface area contributed by atoms with Crippen LogP contribution in [0.2, 0.25) is 0 Å². The molecule has 1 aliphatic carbocycles. The van der Waals surface area contributed by atoms with E-state index in [2.05, 4.69) is 49.6 Å². The van der Waals surface area contributed by atoms with Crippen LogP contribution in [-0.2, 0) is 19.4 Å². The number of nitrogens with one attached hydrogen (secondary N) is 1. The van der Waals surface area contributed by atoms with E-state index in [0.29, 0.717) is 6.54 Å². The van der Waals surface area contributed by atoms with Crippen LogP contribution in [0.3, 0.4) is 0 Å². The van der Waals surface area contributed by atoms with Gasteiger partial charge in [0.05, 0.1) is 12.6 Å². The highest BCUT2D eigenvalue weighted by Gasteiger charge is 2.20. The van der Waals surface area contributed by atoms with Gasteiger partial charge in [0.25, 0.3) is 0 Å². The Bertz CT molecular complexity index is 769. The van der Waals surface area contributed by atoms with Crippen LogP contribution in [0.25, 0.3) is 0 Å². The second-order valence-electron chi connectivity index (χ2n) is 5.73. The summed E-state index contributed by atoms with van der Waals surface area (Å²) in [5.41, 5.74) is 3.63. The first-order valence-corrected chi connectivity index (χ1v) is 7.87. The molecular formula is C17H18N6. The van der Waals surface area contributed by atoms with Gasteiger partial charge in [-0.2, -0.15) is 5.10 Å². The van der Waals surface area contributed by atoms with Gasteiger partial charge in [-0.25, -0.2) is 15.0 Å². The first-order chi connectivity index (χ1) is 11.4. The Balaban J connectivity index is 1.65. The van der Waals surface area contributed by atoms with Crippen molar-refractivity contribution in [3.63, 3.8) is 0 Å². The molecular weight excluding hydrogens is 288 g/mol. The molecule has 23 heavy (non-hydrogen) atoms. The molecule has 0 bridgehead atoms. The first-order valence-electron chi connectivity index (χ1n) is 7.87. The Morgan fingerprint density at radius 1 is 1.09 bits per heavy atom. The van der Waals surface area contributed by atoms with Gasteiger partial charge in [-0.1, -0.05) is 30.3 Å². The second-order valence-corrected chi connectivity index (χ2v) is 5.73. The van der Waals surface area contributed by atoms with Gasteiger partial charge < -0.3 is 5.32 Å². The van der Waals surface area contributed by atoms with Crippen LogP contribution < -0.4 is 5.32 Å². The molecule has 2 heterocycles. The number of hydrogen-bond acceptors (Lipinski definition) is 5. The largest absolute Gasteiger partial charge is 0.361 e. The van der Waals surface area contributed by atoms with Gasteiger partial charge in [0.2, 0.25) is 0 Å². The van der Waals surface area contributed by atoms with Crippen molar-refractivity contribution >= 4 is 5.82 Å². The van der Waals surface area contributed by atoms with Gasteiger partial charge in [0, 0.05) is 11.3 Å². The maximum absolute atomic E-state index is 4.48. The molecule has 116 valence electrons. The standard InChI is InChI=1S/C17H18N6/c1-2-5-13(6-3-1)16(9-23-12-18-10-21-23)22-17-14-7-4-8-15(14)19-11-20-17/h1-3,5-6,10-12,16H,4,7-9H2,(H,19,20,22)/t16-/m1/s1. The lowest BCUT2D eigenvalue weighted by Crippen LogP contribution is -2.19. The van der Waals surface area contributed by atoms with Crippen LogP contribution in [0.15, 0.2) is 49.3 Å². The predicted molar refractivity (Wildman–Crippen MR) is 86.9 cm³/mol. The summed E-state index contributed by atoms with van der Waals surface area (Å²) in [6.45, 7) is 0.697. The summed E-state index contributed by atoms with van der Waals surface area (Å²) in [6.07, 6.45) is 8.20. The number of anilines is 1. The maximum atomic E-state index is 4.48. The fourth-order valence-corrected chi connectivity index (χ4v) is 3.08. The van der Waals surface area contributed by atoms with E-state index < -0.39 is 0 Å². The topological polar surface area (TPSA) is 68.5 Å². The number of fused-ring (bicyclic) bond motifs is 1. The van der Waals surface area contributed by atoms with E-state index in [4.69, 9.17) is 0 Å². The van der Waals surface area contributed by atoms with E-state index in [9.17, 15) is 0 Å². The highest BCUT2D eigenvalue weighted by molar-refractivity contribution is 5.49. The summed E-state index contributed by atoms with van der Waals surface area (Å²) in [4.78, 5) is 12.9. The molecule has 1 aliphatic rings. The van der Waals surface area contributed by atoms with Gasteiger partial charge in [-0.15, -0.1) is 0 Å². The van der Waals surface area contributed by atoms with Crippen molar-refractivity contribution in [2.45, 2.75) is 31.8 Å². The first kappa shape index (κ1) is 13.9. The molecule has 0 saturated carbocycles. The zero-order chi connectivity index (χ0) is 15.5. The lowest BCUT2D eigenvalue weighted by Gasteiger charge is -2.21. The van der Waals surface area contributed by atoms with E-state index in [0.717, 1.165) is 25.1 Å². The van der Waals surface area contributed by atoms with Crippen molar-refractivity contribution in [2.75, 3.05) is 5.32 Å². The van der Waals surface area contributed by atoms with Gasteiger partial charge in [0.15, 0.2) is 0 Å². The molecule has 6 heteroatoms. The maximum Gasteiger partial charge on any atom is 0.137 e. The number of nitrogens with zero attached hydrogens (tertiary/aromatic N) is 5. The third-order valence-corrected chi connectivity index (χ3v) is 4.22. The van der Waals surface area contributed by atoms with Crippen molar-refractivity contribution in [3.8, 4) is 0 Å². The van der Waals surface area contributed by atoms with E-state index >= 15 is 0 Å². The minimum atomic E-state index is 0.0810. The zero-order valence-electron chi connectivity index (χ0n) is 12.8. The van der Waals surface area contributed by atoms with Crippen molar-refractivity contribution < 1.29 is 0 Å². The number of rotatable bonds is 5. The number of aryl methyl sites for hydroxylation is 1. The molecule has 1 atom stereocenters. The smallest absolute Gasteiger partial charge is 0.137 e. The van der Waals surface area contributed by atoms with Crippen LogP contribution in [0.4, 0.5) is 5.82 Å². The van der Waals surface area contributed by atoms with Crippen molar-refractivity contribution in [3.05, 3.63) is 66.1 Å². The van der Waals surface area contributed by atoms with Crippen molar-refractivity contribution in [1.29, 1.82) is 0 Å². The fourth-order valence-electron chi connectivity index (χ4n) is 3.08. The average molecular weight is 306 g/mol. The molecule has 4 rings (SSSR count). The van der Waals surface area contributed by atoms with Crippen LogP contribution in [0.5, 0.6) is 0 Å². The number of aromatic nitrogens is 5. The second kappa shape index (κ2) is 6.16. The van der Waals surface area contributed by atoms with Gasteiger partial charge in [-0.3, -0.25) is 4.68 Å². The van der Waals surface area contributed by atoms with Gasteiger partial charge in [-0.05, 0) is 24.8 Å². The monoisotopic (exact) mass is 306 g/mol. The summed E-state index contributed by atoms with van der Waals surface area (Å²) in [7, 11) is 0. The summed E-state index contributed by atoms with van der Waals surface area (Å²) in [5.74, 6) is 0.946. The Morgan fingerprint density at radius 3 is 2.83 bits per heavy atom. The van der Waals surface area contributed by atoms with Crippen molar-refractivity contribution in [2.24, 2.45) is 0 Å². The van der Waals surface area contributed by atoms with E-state index in [1.807, 2.05) is 10.7 Å². The van der Waals surface area contributed by atoms with E-state index in [-0.39, 0.29) is 6.04 Å². The zero-order valence-corrected chi connectivity index (χ0v) is 12.8. The Morgan fingerprint density at radius 2 is 2.00 bits per heavy atom. The Labute approximate surface area is 134 Å². The highest BCUT2D eigenvalue weighted by atomic mass is 15.3. The SMILES string of the molecule is c1ccc([C@@H](Cn2cncn2)Nc2ncnc3c2CCC3)cc1. The predicted octanol–water partition coefficient (Wildman–Crippen LogP) is 2.41. The van der Waals surface area contributed by atoms with Crippen LogP contribution >= 0.6 is 0 Å². The molecule has 2 aromatic heterocycles. The van der Waals surface area contributed by atoms with Crippen LogP contribution in [-0.4, -0.2) is 24.7 Å². The quantitative estimate of drug-likeness (QED) is 0.784. The number of hydrogen-bond donors (Lipinski definition) is 1. The van der Waals surface area contributed by atoms with E-state index in [1.165, 1.54) is 16.8 Å². The third-order valence-electron chi connectivity index (χ3n) is 4.22. The third kappa shape index (κ3) is 2.92. The number of benzene rings is 1.